The molecule has 0 aliphatic rings. The van der Waals surface area contributed by atoms with Gasteiger partial charge in [0.05, 0.1) is 19.6 Å². The van der Waals surface area contributed by atoms with Crippen LogP contribution in [0.3, 0.4) is 0 Å². The number of hydrogen-bond donors (Lipinski definition) is 3. The number of aryl methyl sites for hydroxylation is 2. The maximum Gasteiger partial charge on any atom is 0.239 e. The minimum Gasteiger partial charge on any atom is -0.350 e. The highest BCUT2D eigenvalue weighted by Gasteiger charge is 2.05. The third-order valence-electron chi connectivity index (χ3n) is 2.31. The summed E-state index contributed by atoms with van der Waals surface area (Å²) in [6, 6.07) is 2.05. The molecule has 4 N–H and O–H groups in total. The summed E-state index contributed by atoms with van der Waals surface area (Å²) in [6.45, 7) is 4.46. The Morgan fingerprint density at radius 3 is 2.53 bits per heavy atom. The van der Waals surface area contributed by atoms with Crippen LogP contribution in [-0.4, -0.2) is 24.9 Å². The molecule has 0 aromatic carbocycles. The summed E-state index contributed by atoms with van der Waals surface area (Å²) in [4.78, 5) is 24.6. The number of carbonyl (C=O) groups excluding carboxylic acids is 2. The van der Waals surface area contributed by atoms with E-state index in [2.05, 4.69) is 16.7 Å². The molecule has 0 aliphatic carbocycles. The normalized spacial score (nSPS) is 10.1. The Labute approximate surface area is 104 Å². The molecular formula is C11H17N3O2S. The third-order valence-corrected chi connectivity index (χ3v) is 3.46. The van der Waals surface area contributed by atoms with Crippen molar-refractivity contribution in [1.29, 1.82) is 0 Å². The molecule has 17 heavy (non-hydrogen) atoms. The fraction of sp³-hybridized carbons (Fsp3) is 0.455. The van der Waals surface area contributed by atoms with Gasteiger partial charge in [-0.15, -0.1) is 11.3 Å². The molecule has 1 aromatic rings. The van der Waals surface area contributed by atoms with Crippen LogP contribution >= 0.6 is 11.3 Å². The zero-order valence-corrected chi connectivity index (χ0v) is 10.8. The Balaban J connectivity index is 2.31. The molecule has 0 bridgehead atoms. The molecule has 2 amide bonds. The van der Waals surface area contributed by atoms with E-state index in [-0.39, 0.29) is 24.9 Å². The van der Waals surface area contributed by atoms with Crippen molar-refractivity contribution < 1.29 is 9.59 Å². The molecule has 6 heteroatoms. The van der Waals surface area contributed by atoms with E-state index in [1.807, 2.05) is 13.8 Å². The number of thiophene rings is 1. The van der Waals surface area contributed by atoms with Crippen LogP contribution in [0.15, 0.2) is 6.07 Å². The highest BCUT2D eigenvalue weighted by atomic mass is 32.1. The zero-order valence-electron chi connectivity index (χ0n) is 10.0. The number of nitrogens with two attached hydrogens (primary N) is 1. The SMILES string of the molecule is Cc1cc(CNC(=O)CNC(=O)CN)sc1C. The Morgan fingerprint density at radius 1 is 1.29 bits per heavy atom. The molecule has 0 saturated carbocycles. The van der Waals surface area contributed by atoms with Crippen LogP contribution < -0.4 is 16.4 Å². The van der Waals surface area contributed by atoms with Crippen molar-refractivity contribution in [1.82, 2.24) is 10.6 Å². The summed E-state index contributed by atoms with van der Waals surface area (Å²) in [5.41, 5.74) is 6.33. The molecule has 1 aromatic heterocycles. The lowest BCUT2D eigenvalue weighted by Gasteiger charge is -2.04. The Morgan fingerprint density at radius 2 is 2.00 bits per heavy atom. The van der Waals surface area contributed by atoms with Gasteiger partial charge in [0.25, 0.3) is 0 Å². The first-order valence-electron chi connectivity index (χ1n) is 5.32. The van der Waals surface area contributed by atoms with Crippen LogP contribution in [-0.2, 0) is 16.1 Å². The Kier molecular flexibility index (Phi) is 5.11. The monoisotopic (exact) mass is 255 g/mol. The van der Waals surface area contributed by atoms with Gasteiger partial charge in [0, 0.05) is 9.75 Å². The number of carbonyl (C=O) groups is 2. The summed E-state index contributed by atoms with van der Waals surface area (Å²) < 4.78 is 0. The highest BCUT2D eigenvalue weighted by Crippen LogP contribution is 2.19. The average Bonchev–Trinajstić information content (AvgIpc) is 2.63. The fourth-order valence-corrected chi connectivity index (χ4v) is 2.23. The van der Waals surface area contributed by atoms with E-state index < -0.39 is 0 Å². The van der Waals surface area contributed by atoms with E-state index in [1.54, 1.807) is 11.3 Å². The summed E-state index contributed by atoms with van der Waals surface area (Å²) in [7, 11) is 0. The second-order valence-corrected chi connectivity index (χ2v) is 5.05. The molecule has 0 unspecified atom stereocenters. The minimum atomic E-state index is -0.331. The highest BCUT2D eigenvalue weighted by molar-refractivity contribution is 7.12. The van der Waals surface area contributed by atoms with Gasteiger partial charge in [0.1, 0.15) is 0 Å². The van der Waals surface area contributed by atoms with Gasteiger partial charge in [0.2, 0.25) is 11.8 Å². The van der Waals surface area contributed by atoms with E-state index >= 15 is 0 Å². The molecule has 0 fully saturated rings. The molecule has 5 nitrogen and oxygen atoms in total. The first-order valence-corrected chi connectivity index (χ1v) is 6.14. The zero-order chi connectivity index (χ0) is 12.8. The van der Waals surface area contributed by atoms with Crippen molar-refractivity contribution in [2.45, 2.75) is 20.4 Å². The maximum absolute atomic E-state index is 11.4. The number of nitrogens with one attached hydrogen (secondary N) is 2. The quantitative estimate of drug-likeness (QED) is 0.695. The molecule has 1 heterocycles. The summed E-state index contributed by atoms with van der Waals surface area (Å²) in [6.07, 6.45) is 0. The average molecular weight is 255 g/mol. The van der Waals surface area contributed by atoms with Crippen LogP contribution in [0.1, 0.15) is 15.3 Å². The Hall–Kier alpha value is -1.40. The van der Waals surface area contributed by atoms with Gasteiger partial charge in [-0.3, -0.25) is 9.59 Å². The predicted octanol–water partition coefficient (Wildman–Crippen LogP) is 0.0560. The van der Waals surface area contributed by atoms with E-state index in [0.29, 0.717) is 6.54 Å². The summed E-state index contributed by atoms with van der Waals surface area (Å²) in [5.74, 6) is -0.543. The lowest BCUT2D eigenvalue weighted by molar-refractivity contribution is -0.125. The lowest BCUT2D eigenvalue weighted by Crippen LogP contribution is -2.39. The van der Waals surface area contributed by atoms with E-state index in [0.717, 1.165) is 4.88 Å². The van der Waals surface area contributed by atoms with Gasteiger partial charge in [-0.1, -0.05) is 0 Å². The van der Waals surface area contributed by atoms with Gasteiger partial charge in [-0.05, 0) is 25.5 Å². The summed E-state index contributed by atoms with van der Waals surface area (Å²) >= 11 is 1.66. The van der Waals surface area contributed by atoms with E-state index in [4.69, 9.17) is 5.73 Å². The van der Waals surface area contributed by atoms with Crippen LogP contribution in [0.2, 0.25) is 0 Å². The van der Waals surface area contributed by atoms with Crippen molar-refractivity contribution >= 4 is 23.2 Å². The smallest absolute Gasteiger partial charge is 0.239 e. The molecule has 0 atom stereocenters. The third kappa shape index (κ3) is 4.54. The molecule has 1 rings (SSSR count). The molecular weight excluding hydrogens is 238 g/mol. The number of rotatable bonds is 5. The largest absolute Gasteiger partial charge is 0.350 e. The van der Waals surface area contributed by atoms with Crippen LogP contribution in [0.4, 0.5) is 0 Å². The van der Waals surface area contributed by atoms with Crippen LogP contribution in [0, 0.1) is 13.8 Å². The lowest BCUT2D eigenvalue weighted by atomic mass is 10.3. The predicted molar refractivity (Wildman–Crippen MR) is 67.7 cm³/mol. The van der Waals surface area contributed by atoms with Crippen molar-refractivity contribution in [2.24, 2.45) is 5.73 Å². The van der Waals surface area contributed by atoms with Gasteiger partial charge in [-0.25, -0.2) is 0 Å². The van der Waals surface area contributed by atoms with Gasteiger partial charge in [-0.2, -0.15) is 0 Å². The number of amides is 2. The Bertz CT molecular complexity index is 395. The topological polar surface area (TPSA) is 84.2 Å². The van der Waals surface area contributed by atoms with Gasteiger partial charge in [0.15, 0.2) is 0 Å². The van der Waals surface area contributed by atoms with E-state index in [1.165, 1.54) is 10.4 Å². The molecule has 0 radical (unpaired) electrons. The van der Waals surface area contributed by atoms with E-state index in [9.17, 15) is 9.59 Å². The second-order valence-electron chi connectivity index (χ2n) is 3.71. The van der Waals surface area contributed by atoms with Crippen molar-refractivity contribution in [2.75, 3.05) is 13.1 Å². The van der Waals surface area contributed by atoms with Gasteiger partial charge < -0.3 is 16.4 Å². The van der Waals surface area contributed by atoms with Crippen molar-refractivity contribution in [3.05, 3.63) is 21.4 Å². The van der Waals surface area contributed by atoms with Crippen LogP contribution in [0.25, 0.3) is 0 Å². The molecule has 94 valence electrons. The van der Waals surface area contributed by atoms with Crippen LogP contribution in [0.5, 0.6) is 0 Å². The standard InChI is InChI=1S/C11H17N3O2S/c1-7-3-9(17-8(7)2)5-13-11(16)6-14-10(15)4-12/h3H,4-6,12H2,1-2H3,(H,13,16)(H,14,15). The second kappa shape index (κ2) is 6.36. The summed E-state index contributed by atoms with van der Waals surface area (Å²) in [5, 5.41) is 5.15. The molecule has 0 saturated heterocycles. The fourth-order valence-electron chi connectivity index (χ4n) is 1.24. The maximum atomic E-state index is 11.4. The van der Waals surface area contributed by atoms with Gasteiger partial charge >= 0.3 is 0 Å². The van der Waals surface area contributed by atoms with Crippen molar-refractivity contribution in [3.63, 3.8) is 0 Å². The first kappa shape index (κ1) is 13.7. The molecule has 0 spiro atoms. The first-order chi connectivity index (χ1) is 8.02. The number of hydrogen-bond acceptors (Lipinski definition) is 4. The molecule has 0 aliphatic heterocycles. The minimum absolute atomic E-state index is 0.0284. The van der Waals surface area contributed by atoms with Crippen molar-refractivity contribution in [3.8, 4) is 0 Å².